The van der Waals surface area contributed by atoms with E-state index in [2.05, 4.69) is 10.3 Å². The number of methoxy groups -OCH3 is 1. The maximum absolute atomic E-state index is 12.6. The Morgan fingerprint density at radius 3 is 2.46 bits per heavy atom. The molecule has 7 nitrogen and oxygen atoms in total. The summed E-state index contributed by atoms with van der Waals surface area (Å²) in [6.07, 6.45) is 1.75. The van der Waals surface area contributed by atoms with Gasteiger partial charge >= 0.3 is 5.97 Å². The largest absolute Gasteiger partial charge is 0.497 e. The smallest absolute Gasteiger partial charge is 0.343 e. The standard InChI is InChI=1S/C27H24N2O5S/c1-4-33-23-15-18(7-14-22(23)34-26(31)19-8-12-21(32-3)13-9-19)16-24-25(30)29-27(35-24)28-20-10-5-17(2)6-11-20/h5-16H,4H2,1-3H3,(H,28,29,30)/b24-16-. The number of rotatable bonds is 7. The van der Waals surface area contributed by atoms with Crippen molar-refractivity contribution in [3.8, 4) is 17.2 Å². The van der Waals surface area contributed by atoms with Gasteiger partial charge in [-0.15, -0.1) is 0 Å². The second kappa shape index (κ2) is 10.9. The molecular weight excluding hydrogens is 464 g/mol. The van der Waals surface area contributed by atoms with Gasteiger partial charge in [0.05, 0.1) is 29.9 Å². The summed E-state index contributed by atoms with van der Waals surface area (Å²) in [7, 11) is 1.56. The van der Waals surface area contributed by atoms with Crippen molar-refractivity contribution in [3.63, 3.8) is 0 Å². The molecule has 1 aliphatic heterocycles. The third-order valence-corrected chi connectivity index (χ3v) is 5.92. The number of hydrogen-bond acceptors (Lipinski definition) is 7. The first-order valence-corrected chi connectivity index (χ1v) is 11.8. The van der Waals surface area contributed by atoms with Crippen LogP contribution in [0.15, 0.2) is 76.6 Å². The van der Waals surface area contributed by atoms with E-state index >= 15 is 0 Å². The number of ether oxygens (including phenoxy) is 3. The molecule has 0 radical (unpaired) electrons. The second-order valence-electron chi connectivity index (χ2n) is 7.57. The molecule has 8 heteroatoms. The van der Waals surface area contributed by atoms with Crippen LogP contribution in [0, 0.1) is 6.92 Å². The molecule has 178 valence electrons. The van der Waals surface area contributed by atoms with Gasteiger partial charge in [0.25, 0.3) is 5.91 Å². The van der Waals surface area contributed by atoms with E-state index in [0.717, 1.165) is 16.8 Å². The molecule has 1 saturated heterocycles. The first kappa shape index (κ1) is 24.1. The summed E-state index contributed by atoms with van der Waals surface area (Å²) >= 11 is 1.26. The third-order valence-electron chi connectivity index (χ3n) is 5.01. The van der Waals surface area contributed by atoms with Crippen molar-refractivity contribution < 1.29 is 23.8 Å². The number of nitrogens with zero attached hydrogens (tertiary/aromatic N) is 1. The Kier molecular flexibility index (Phi) is 7.52. The first-order chi connectivity index (χ1) is 16.9. The number of carbonyl (C=O) groups excluding carboxylic acids is 2. The number of benzene rings is 3. The van der Waals surface area contributed by atoms with Crippen molar-refractivity contribution in [1.29, 1.82) is 0 Å². The number of hydrogen-bond donors (Lipinski definition) is 1. The number of thioether (sulfide) groups is 1. The van der Waals surface area contributed by atoms with Crippen molar-refractivity contribution in [3.05, 3.63) is 88.3 Å². The number of carbonyl (C=O) groups is 2. The summed E-state index contributed by atoms with van der Waals surface area (Å²) in [5.41, 5.74) is 3.02. The van der Waals surface area contributed by atoms with Gasteiger partial charge in [0.1, 0.15) is 5.75 Å². The van der Waals surface area contributed by atoms with Gasteiger partial charge in [-0.2, -0.15) is 0 Å². The van der Waals surface area contributed by atoms with Crippen LogP contribution >= 0.6 is 11.8 Å². The van der Waals surface area contributed by atoms with Crippen LogP contribution in [-0.4, -0.2) is 30.8 Å². The van der Waals surface area contributed by atoms with Gasteiger partial charge in [-0.25, -0.2) is 9.79 Å². The average molecular weight is 489 g/mol. The SMILES string of the molecule is CCOc1cc(/C=C2\SC(=Nc3ccc(C)cc3)NC2=O)ccc1OC(=O)c1ccc(OC)cc1. The first-order valence-electron chi connectivity index (χ1n) is 10.9. The molecule has 1 fully saturated rings. The Balaban J connectivity index is 1.52. The van der Waals surface area contributed by atoms with Crippen molar-refractivity contribution in [2.24, 2.45) is 4.99 Å². The molecule has 35 heavy (non-hydrogen) atoms. The van der Waals surface area contributed by atoms with Gasteiger partial charge in [-0.05, 0) is 85.8 Å². The normalized spacial score (nSPS) is 15.2. The van der Waals surface area contributed by atoms with Crippen molar-refractivity contribution >= 4 is 40.6 Å². The molecular formula is C27H24N2O5S. The number of aliphatic imine (C=N–C) groups is 1. The number of nitrogens with one attached hydrogen (secondary N) is 1. The number of aryl methyl sites for hydroxylation is 1. The Hall–Kier alpha value is -4.04. The Bertz CT molecular complexity index is 1300. The minimum atomic E-state index is -0.512. The third kappa shape index (κ3) is 6.10. The predicted molar refractivity (Wildman–Crippen MR) is 138 cm³/mol. The number of esters is 1. The molecule has 1 aliphatic rings. The van der Waals surface area contributed by atoms with Crippen LogP contribution in [0.4, 0.5) is 5.69 Å². The lowest BCUT2D eigenvalue weighted by Gasteiger charge is -2.12. The van der Waals surface area contributed by atoms with E-state index in [1.165, 1.54) is 11.8 Å². The molecule has 0 bridgehead atoms. The van der Waals surface area contributed by atoms with Gasteiger partial charge in [-0.1, -0.05) is 23.8 Å². The minimum absolute atomic E-state index is 0.228. The van der Waals surface area contributed by atoms with E-state index in [0.29, 0.717) is 39.5 Å². The highest BCUT2D eigenvalue weighted by Crippen LogP contribution is 2.33. The predicted octanol–water partition coefficient (Wildman–Crippen LogP) is 5.51. The summed E-state index contributed by atoms with van der Waals surface area (Å²) in [4.78, 5) is 30.0. The zero-order valence-electron chi connectivity index (χ0n) is 19.5. The van der Waals surface area contributed by atoms with E-state index in [1.807, 2.05) is 38.1 Å². The van der Waals surface area contributed by atoms with Crippen LogP contribution in [-0.2, 0) is 4.79 Å². The molecule has 1 amide bonds. The molecule has 0 saturated carbocycles. The van der Waals surface area contributed by atoms with Crippen LogP contribution in [0.5, 0.6) is 17.2 Å². The van der Waals surface area contributed by atoms with Gasteiger partial charge < -0.3 is 19.5 Å². The molecule has 4 rings (SSSR count). The molecule has 0 aliphatic carbocycles. The van der Waals surface area contributed by atoms with E-state index in [1.54, 1.807) is 55.7 Å². The highest BCUT2D eigenvalue weighted by Gasteiger charge is 2.24. The lowest BCUT2D eigenvalue weighted by Crippen LogP contribution is -2.19. The molecule has 0 aromatic heterocycles. The van der Waals surface area contributed by atoms with Crippen LogP contribution in [0.25, 0.3) is 6.08 Å². The summed E-state index contributed by atoms with van der Waals surface area (Å²) < 4.78 is 16.4. The van der Waals surface area contributed by atoms with Crippen molar-refractivity contribution in [2.45, 2.75) is 13.8 Å². The van der Waals surface area contributed by atoms with Crippen LogP contribution in [0.3, 0.4) is 0 Å². The summed E-state index contributed by atoms with van der Waals surface area (Å²) in [5.74, 6) is 0.603. The fraction of sp³-hybridized carbons (Fsp3) is 0.148. The highest BCUT2D eigenvalue weighted by molar-refractivity contribution is 8.18. The fourth-order valence-corrected chi connectivity index (χ4v) is 4.06. The molecule has 1 heterocycles. The van der Waals surface area contributed by atoms with Crippen LogP contribution < -0.4 is 19.5 Å². The van der Waals surface area contributed by atoms with E-state index in [9.17, 15) is 9.59 Å². The summed E-state index contributed by atoms with van der Waals surface area (Å²) in [6.45, 7) is 4.23. The monoisotopic (exact) mass is 488 g/mol. The minimum Gasteiger partial charge on any atom is -0.497 e. The second-order valence-corrected chi connectivity index (χ2v) is 8.61. The molecule has 1 N–H and O–H groups in total. The lowest BCUT2D eigenvalue weighted by molar-refractivity contribution is -0.115. The van der Waals surface area contributed by atoms with Crippen LogP contribution in [0.1, 0.15) is 28.4 Å². The lowest BCUT2D eigenvalue weighted by atomic mass is 10.1. The molecule has 0 spiro atoms. The highest BCUT2D eigenvalue weighted by atomic mass is 32.2. The fourth-order valence-electron chi connectivity index (χ4n) is 3.22. The Labute approximate surface area is 207 Å². The zero-order valence-corrected chi connectivity index (χ0v) is 20.3. The Morgan fingerprint density at radius 2 is 1.77 bits per heavy atom. The van der Waals surface area contributed by atoms with E-state index in [-0.39, 0.29) is 5.91 Å². The topological polar surface area (TPSA) is 86.2 Å². The maximum atomic E-state index is 12.6. The maximum Gasteiger partial charge on any atom is 0.343 e. The van der Waals surface area contributed by atoms with Crippen LogP contribution in [0.2, 0.25) is 0 Å². The number of amides is 1. The van der Waals surface area contributed by atoms with Gasteiger partial charge in [0.15, 0.2) is 16.7 Å². The summed E-state index contributed by atoms with van der Waals surface area (Å²) in [5, 5.41) is 3.30. The molecule has 0 atom stereocenters. The quantitative estimate of drug-likeness (QED) is 0.268. The average Bonchev–Trinajstić information content (AvgIpc) is 3.20. The summed E-state index contributed by atoms with van der Waals surface area (Å²) in [6, 6.07) is 19.5. The van der Waals surface area contributed by atoms with Gasteiger partial charge in [-0.3, -0.25) is 4.79 Å². The molecule has 3 aromatic rings. The van der Waals surface area contributed by atoms with Gasteiger partial charge in [0.2, 0.25) is 0 Å². The van der Waals surface area contributed by atoms with Crippen molar-refractivity contribution in [1.82, 2.24) is 5.32 Å². The molecule has 3 aromatic carbocycles. The van der Waals surface area contributed by atoms with E-state index < -0.39 is 5.97 Å². The molecule has 0 unspecified atom stereocenters. The number of amidine groups is 1. The van der Waals surface area contributed by atoms with Crippen molar-refractivity contribution in [2.75, 3.05) is 13.7 Å². The zero-order chi connectivity index (χ0) is 24.8. The van der Waals surface area contributed by atoms with E-state index in [4.69, 9.17) is 14.2 Å². The Morgan fingerprint density at radius 1 is 1.03 bits per heavy atom. The van der Waals surface area contributed by atoms with Gasteiger partial charge in [0, 0.05) is 0 Å².